The van der Waals surface area contributed by atoms with Gasteiger partial charge in [-0.1, -0.05) is 184 Å². The molecule has 2 atom stereocenters. The topological polar surface area (TPSA) is 108 Å². The van der Waals surface area contributed by atoms with Crippen LogP contribution in [0.4, 0.5) is 0 Å². The second kappa shape index (κ2) is 51.0. The molecule has 0 radical (unpaired) electrons. The molecule has 0 bridgehead atoms. The number of carbonyl (C=O) groups excluding carboxylic acids is 2. The van der Waals surface area contributed by atoms with Gasteiger partial charge in [0.2, 0.25) is 0 Å². The molecular formula is C62H94NO8+. The number of unbranched alkanes of at least 4 members (excludes halogenated alkanes) is 2. The van der Waals surface area contributed by atoms with Crippen LogP contribution in [-0.2, 0) is 33.3 Å². The second-order valence-corrected chi connectivity index (χ2v) is 17.7. The highest BCUT2D eigenvalue weighted by molar-refractivity contribution is 5.71. The quantitative estimate of drug-likeness (QED) is 0.0211. The molecule has 0 amide bonds. The molecule has 0 aromatic carbocycles. The Labute approximate surface area is 431 Å². The van der Waals surface area contributed by atoms with Gasteiger partial charge in [-0.05, 0) is 116 Å². The Balaban J connectivity index is 4.54. The Morgan fingerprint density at radius 1 is 0.423 bits per heavy atom. The van der Waals surface area contributed by atoms with Gasteiger partial charge in [0.1, 0.15) is 13.2 Å². The molecule has 0 aliphatic rings. The minimum absolute atomic E-state index is 0.155. The van der Waals surface area contributed by atoms with Crippen LogP contribution >= 0.6 is 0 Å². The summed E-state index contributed by atoms with van der Waals surface area (Å²) in [6.45, 7) is 4.46. The summed E-state index contributed by atoms with van der Waals surface area (Å²) >= 11 is 0. The number of hydrogen-bond acceptors (Lipinski definition) is 7. The van der Waals surface area contributed by atoms with Crippen LogP contribution in [0.25, 0.3) is 0 Å². The molecule has 0 saturated heterocycles. The summed E-state index contributed by atoms with van der Waals surface area (Å²) in [4.78, 5) is 37.3. The zero-order valence-corrected chi connectivity index (χ0v) is 44.5. The van der Waals surface area contributed by atoms with Crippen molar-refractivity contribution in [1.82, 2.24) is 0 Å². The number of aliphatic carboxylic acids is 1. The van der Waals surface area contributed by atoms with Gasteiger partial charge in [0.05, 0.1) is 34.4 Å². The van der Waals surface area contributed by atoms with Gasteiger partial charge in [0.15, 0.2) is 6.10 Å². The van der Waals surface area contributed by atoms with Crippen LogP contribution in [0.5, 0.6) is 0 Å². The maximum Gasteiger partial charge on any atom is 0.361 e. The average Bonchev–Trinajstić information content (AvgIpc) is 3.34. The van der Waals surface area contributed by atoms with Gasteiger partial charge in [-0.2, -0.15) is 0 Å². The molecule has 0 aromatic heterocycles. The van der Waals surface area contributed by atoms with Crippen LogP contribution in [0.1, 0.15) is 142 Å². The van der Waals surface area contributed by atoms with E-state index < -0.39 is 30.3 Å². The molecule has 394 valence electrons. The molecule has 0 fully saturated rings. The molecule has 9 heteroatoms. The summed E-state index contributed by atoms with van der Waals surface area (Å²) in [7, 11) is 5.91. The first-order valence-corrected chi connectivity index (χ1v) is 26.3. The van der Waals surface area contributed by atoms with E-state index >= 15 is 0 Å². The lowest BCUT2D eigenvalue weighted by Gasteiger charge is -2.25. The minimum atomic E-state index is -1.55. The summed E-state index contributed by atoms with van der Waals surface area (Å²) in [6, 6.07) is 0. The van der Waals surface area contributed by atoms with Crippen LogP contribution in [0.2, 0.25) is 0 Å². The summed E-state index contributed by atoms with van der Waals surface area (Å²) in [5.74, 6) is -2.20. The number of quaternary nitrogens is 1. The molecule has 0 heterocycles. The van der Waals surface area contributed by atoms with Gasteiger partial charge in [-0.3, -0.25) is 9.59 Å². The zero-order chi connectivity index (χ0) is 52.0. The van der Waals surface area contributed by atoms with Gasteiger partial charge < -0.3 is 28.5 Å². The lowest BCUT2D eigenvalue weighted by atomic mass is 10.2. The van der Waals surface area contributed by atoms with E-state index in [1.54, 1.807) is 0 Å². The average molecular weight is 981 g/mol. The summed E-state index contributed by atoms with van der Waals surface area (Å²) in [5.41, 5.74) is 0. The molecule has 0 aliphatic carbocycles. The fourth-order valence-corrected chi connectivity index (χ4v) is 5.99. The van der Waals surface area contributed by atoms with Gasteiger partial charge in [-0.25, -0.2) is 4.79 Å². The number of carbonyl (C=O) groups is 3. The highest BCUT2D eigenvalue weighted by atomic mass is 16.7. The van der Waals surface area contributed by atoms with Crippen molar-refractivity contribution in [3.8, 4) is 0 Å². The van der Waals surface area contributed by atoms with Crippen molar-refractivity contribution in [1.29, 1.82) is 0 Å². The summed E-state index contributed by atoms with van der Waals surface area (Å²) < 4.78 is 22.6. The molecule has 0 aromatic rings. The standard InChI is InChI=1S/C62H93NO8/c1-6-8-10-12-14-16-18-20-22-24-25-26-27-28-29-30-31-32-33-34-35-37-39-41-43-45-47-49-51-53-60(65)71-58(57-70-62(61(66)67)68-55-54-63(3,4)5)56-69-59(64)52-50-48-46-44-42-40-38-36-23-21-19-17-15-13-11-9-7-2/h8-11,14-17,20-23,25-26,28-29,31-32,34-35,38-41,44-47,58,62H,6-7,12-13,18-19,24,27,30,33,36-37,42-43,48-57H2,1-5H3/p+1/b10-8-,11-9-,16-14-,17-15-,22-20-,23-21-,26-25-,29-28-,32-31-,35-34-,40-38-,41-39-,46-44-,47-45-. The Kier molecular flexibility index (Phi) is 47.2. The van der Waals surface area contributed by atoms with Crippen LogP contribution in [0, 0.1) is 0 Å². The van der Waals surface area contributed by atoms with Crippen molar-refractivity contribution in [2.45, 2.75) is 155 Å². The first kappa shape index (κ1) is 65.7. The normalized spacial score (nSPS) is 14.2. The number of hydrogen-bond donors (Lipinski definition) is 1. The van der Waals surface area contributed by atoms with Gasteiger partial charge in [0.25, 0.3) is 6.29 Å². The molecule has 0 spiro atoms. The number of carboxylic acid groups (broad SMARTS) is 1. The third-order valence-electron chi connectivity index (χ3n) is 9.97. The van der Waals surface area contributed by atoms with E-state index in [1.165, 1.54) is 0 Å². The smallest absolute Gasteiger partial charge is 0.361 e. The first-order valence-electron chi connectivity index (χ1n) is 26.3. The Morgan fingerprint density at radius 2 is 0.732 bits per heavy atom. The Hall–Kier alpha value is -5.35. The van der Waals surface area contributed by atoms with E-state index in [0.29, 0.717) is 30.3 Å². The predicted octanol–water partition coefficient (Wildman–Crippen LogP) is 15.2. The molecule has 71 heavy (non-hydrogen) atoms. The van der Waals surface area contributed by atoms with E-state index in [2.05, 4.69) is 178 Å². The van der Waals surface area contributed by atoms with Gasteiger partial charge in [-0.15, -0.1) is 0 Å². The van der Waals surface area contributed by atoms with Crippen LogP contribution < -0.4 is 0 Å². The molecule has 1 N–H and O–H groups in total. The van der Waals surface area contributed by atoms with Crippen LogP contribution in [0.15, 0.2) is 170 Å². The van der Waals surface area contributed by atoms with Gasteiger partial charge in [0, 0.05) is 12.8 Å². The SMILES string of the molecule is CC/C=C\C/C=C\C/C=C\C/C=C\C/C=C\C/C=C\C/C=C\C/C=C\C/C=C\CCCC(=O)OC(COC(=O)CCC/C=C\C/C=C\C/C=C\C/C=C\C/C=C\CC)COC(OCC[N+](C)(C)C)C(=O)O. The van der Waals surface area contributed by atoms with E-state index in [1.807, 2.05) is 27.2 Å². The highest BCUT2D eigenvalue weighted by Gasteiger charge is 2.25. The van der Waals surface area contributed by atoms with E-state index in [4.69, 9.17) is 18.9 Å². The largest absolute Gasteiger partial charge is 0.477 e. The Morgan fingerprint density at radius 3 is 1.04 bits per heavy atom. The highest BCUT2D eigenvalue weighted by Crippen LogP contribution is 2.09. The number of ether oxygens (including phenoxy) is 4. The van der Waals surface area contributed by atoms with Crippen molar-refractivity contribution >= 4 is 17.9 Å². The van der Waals surface area contributed by atoms with Crippen molar-refractivity contribution in [2.24, 2.45) is 0 Å². The molecule has 0 aliphatic heterocycles. The summed E-state index contributed by atoms with van der Waals surface area (Å²) in [6.07, 6.45) is 74.4. The summed E-state index contributed by atoms with van der Waals surface area (Å²) in [5, 5.41) is 9.67. The van der Waals surface area contributed by atoms with E-state index in [0.717, 1.165) is 96.3 Å². The molecule has 9 nitrogen and oxygen atoms in total. The predicted molar refractivity (Wildman–Crippen MR) is 299 cm³/mol. The Bertz CT molecular complexity index is 1760. The van der Waals surface area contributed by atoms with Crippen molar-refractivity contribution in [2.75, 3.05) is 47.5 Å². The number of allylic oxidation sites excluding steroid dienone is 28. The zero-order valence-electron chi connectivity index (χ0n) is 44.5. The lowest BCUT2D eigenvalue weighted by molar-refractivity contribution is -0.870. The number of rotatable bonds is 45. The van der Waals surface area contributed by atoms with Crippen molar-refractivity contribution in [3.63, 3.8) is 0 Å². The maximum absolute atomic E-state index is 12.8. The molecule has 0 rings (SSSR count). The third kappa shape index (κ3) is 52.3. The lowest BCUT2D eigenvalue weighted by Crippen LogP contribution is -2.40. The van der Waals surface area contributed by atoms with Crippen molar-refractivity contribution in [3.05, 3.63) is 170 Å². The van der Waals surface area contributed by atoms with E-state index in [-0.39, 0.29) is 32.7 Å². The van der Waals surface area contributed by atoms with Crippen molar-refractivity contribution < 1.29 is 42.9 Å². The number of nitrogens with zero attached hydrogens (tertiary/aromatic N) is 1. The van der Waals surface area contributed by atoms with Crippen LogP contribution in [-0.4, -0.2) is 87.4 Å². The second-order valence-electron chi connectivity index (χ2n) is 17.7. The number of carboxylic acids is 1. The minimum Gasteiger partial charge on any atom is -0.477 e. The number of likely N-dealkylation sites (N-methyl/N-ethyl adjacent to an activating group) is 1. The van der Waals surface area contributed by atoms with E-state index in [9.17, 15) is 19.5 Å². The molecule has 0 saturated carbocycles. The molecular weight excluding hydrogens is 887 g/mol. The van der Waals surface area contributed by atoms with Crippen LogP contribution in [0.3, 0.4) is 0 Å². The monoisotopic (exact) mass is 981 g/mol. The first-order chi connectivity index (χ1) is 34.6. The fraction of sp³-hybridized carbons (Fsp3) is 0.500. The van der Waals surface area contributed by atoms with Gasteiger partial charge >= 0.3 is 17.9 Å². The third-order valence-corrected chi connectivity index (χ3v) is 9.97. The number of esters is 2. The maximum atomic E-state index is 12.8. The molecule has 2 unspecified atom stereocenters. The fourth-order valence-electron chi connectivity index (χ4n) is 5.99.